The third-order valence-electron chi connectivity index (χ3n) is 4.00. The standard InChI is InChI=1S/C15H23N/c1-11-6-8-13(9-7-11)15(16)14-5-3-4-12(2)10-14/h3-5,10-11,13,15H,6-9,16H2,1-2H3. The molecule has 1 nitrogen and oxygen atoms in total. The highest BCUT2D eigenvalue weighted by atomic mass is 14.7. The lowest BCUT2D eigenvalue weighted by atomic mass is 9.77. The lowest BCUT2D eigenvalue weighted by Crippen LogP contribution is -2.25. The van der Waals surface area contributed by atoms with Gasteiger partial charge in [0.15, 0.2) is 0 Å². The summed E-state index contributed by atoms with van der Waals surface area (Å²) in [5.74, 6) is 1.60. The van der Waals surface area contributed by atoms with E-state index in [2.05, 4.69) is 38.1 Å². The number of rotatable bonds is 2. The molecule has 0 spiro atoms. The van der Waals surface area contributed by atoms with Crippen molar-refractivity contribution in [2.24, 2.45) is 17.6 Å². The molecule has 0 heterocycles. The van der Waals surface area contributed by atoms with Gasteiger partial charge in [0.25, 0.3) is 0 Å². The van der Waals surface area contributed by atoms with E-state index in [0.717, 1.165) is 5.92 Å². The average molecular weight is 217 g/mol. The molecule has 1 atom stereocenters. The van der Waals surface area contributed by atoms with E-state index >= 15 is 0 Å². The molecule has 88 valence electrons. The fraction of sp³-hybridized carbons (Fsp3) is 0.600. The molecule has 0 amide bonds. The van der Waals surface area contributed by atoms with Crippen molar-refractivity contribution in [2.75, 3.05) is 0 Å². The summed E-state index contributed by atoms with van der Waals surface area (Å²) in [6.45, 7) is 4.49. The lowest BCUT2D eigenvalue weighted by Gasteiger charge is -2.31. The molecular formula is C15H23N. The first-order valence-corrected chi connectivity index (χ1v) is 6.49. The highest BCUT2D eigenvalue weighted by molar-refractivity contribution is 5.25. The van der Waals surface area contributed by atoms with Crippen LogP contribution < -0.4 is 5.73 Å². The van der Waals surface area contributed by atoms with Gasteiger partial charge in [-0.15, -0.1) is 0 Å². The van der Waals surface area contributed by atoms with Gasteiger partial charge in [-0.1, -0.05) is 49.6 Å². The van der Waals surface area contributed by atoms with Gasteiger partial charge in [0.05, 0.1) is 0 Å². The van der Waals surface area contributed by atoms with E-state index in [0.29, 0.717) is 5.92 Å². The number of hydrogen-bond acceptors (Lipinski definition) is 1. The molecule has 0 bridgehead atoms. The van der Waals surface area contributed by atoms with Crippen LogP contribution in [0.5, 0.6) is 0 Å². The maximum absolute atomic E-state index is 6.38. The van der Waals surface area contributed by atoms with Crippen LogP contribution in [0.2, 0.25) is 0 Å². The van der Waals surface area contributed by atoms with E-state index in [1.807, 2.05) is 0 Å². The Morgan fingerprint density at radius 2 is 1.88 bits per heavy atom. The second-order valence-corrected chi connectivity index (χ2v) is 5.46. The van der Waals surface area contributed by atoms with Crippen molar-refractivity contribution in [1.82, 2.24) is 0 Å². The van der Waals surface area contributed by atoms with E-state index in [4.69, 9.17) is 5.73 Å². The van der Waals surface area contributed by atoms with Gasteiger partial charge >= 0.3 is 0 Å². The SMILES string of the molecule is Cc1cccc(C(N)C2CCC(C)CC2)c1. The third kappa shape index (κ3) is 2.65. The van der Waals surface area contributed by atoms with Crippen molar-refractivity contribution >= 4 is 0 Å². The Kier molecular flexibility index (Phi) is 3.65. The van der Waals surface area contributed by atoms with Gasteiger partial charge in [-0.25, -0.2) is 0 Å². The van der Waals surface area contributed by atoms with Crippen LogP contribution in [0, 0.1) is 18.8 Å². The molecule has 1 aliphatic rings. The van der Waals surface area contributed by atoms with Crippen LogP contribution in [0.1, 0.15) is 49.8 Å². The second kappa shape index (κ2) is 5.01. The van der Waals surface area contributed by atoms with Gasteiger partial charge < -0.3 is 5.73 Å². The Morgan fingerprint density at radius 3 is 2.50 bits per heavy atom. The molecular weight excluding hydrogens is 194 g/mol. The summed E-state index contributed by atoms with van der Waals surface area (Å²) >= 11 is 0. The normalized spacial score (nSPS) is 27.7. The summed E-state index contributed by atoms with van der Waals surface area (Å²) in [5, 5.41) is 0. The van der Waals surface area contributed by atoms with Crippen molar-refractivity contribution in [3.05, 3.63) is 35.4 Å². The summed E-state index contributed by atoms with van der Waals surface area (Å²) in [5.41, 5.74) is 9.02. The Labute approximate surface area is 99.0 Å². The first kappa shape index (κ1) is 11.7. The molecule has 1 saturated carbocycles. The fourth-order valence-electron chi connectivity index (χ4n) is 2.79. The van der Waals surface area contributed by atoms with Crippen molar-refractivity contribution in [1.29, 1.82) is 0 Å². The van der Waals surface area contributed by atoms with Crippen LogP contribution in [-0.2, 0) is 0 Å². The molecule has 1 unspecified atom stereocenters. The van der Waals surface area contributed by atoms with Crippen molar-refractivity contribution in [3.8, 4) is 0 Å². The molecule has 2 rings (SSSR count). The van der Waals surface area contributed by atoms with Gasteiger partial charge in [-0.3, -0.25) is 0 Å². The van der Waals surface area contributed by atoms with Crippen LogP contribution >= 0.6 is 0 Å². The number of nitrogens with two attached hydrogens (primary N) is 1. The highest BCUT2D eigenvalue weighted by Gasteiger charge is 2.24. The summed E-state index contributed by atoms with van der Waals surface area (Å²) in [7, 11) is 0. The quantitative estimate of drug-likeness (QED) is 0.800. The zero-order valence-electron chi connectivity index (χ0n) is 10.4. The predicted molar refractivity (Wildman–Crippen MR) is 69.2 cm³/mol. The molecule has 0 radical (unpaired) electrons. The van der Waals surface area contributed by atoms with Crippen LogP contribution in [0.25, 0.3) is 0 Å². The van der Waals surface area contributed by atoms with Crippen molar-refractivity contribution in [3.63, 3.8) is 0 Å². The molecule has 16 heavy (non-hydrogen) atoms. The zero-order valence-corrected chi connectivity index (χ0v) is 10.4. The van der Waals surface area contributed by atoms with E-state index in [1.165, 1.54) is 36.8 Å². The first-order valence-electron chi connectivity index (χ1n) is 6.49. The van der Waals surface area contributed by atoms with E-state index in [1.54, 1.807) is 0 Å². The van der Waals surface area contributed by atoms with E-state index in [9.17, 15) is 0 Å². The van der Waals surface area contributed by atoms with Crippen molar-refractivity contribution in [2.45, 2.75) is 45.6 Å². The largest absolute Gasteiger partial charge is 0.324 e. The topological polar surface area (TPSA) is 26.0 Å². The maximum Gasteiger partial charge on any atom is 0.0323 e. The minimum absolute atomic E-state index is 0.243. The van der Waals surface area contributed by atoms with Crippen LogP contribution in [0.4, 0.5) is 0 Å². The first-order chi connectivity index (χ1) is 7.66. The molecule has 1 aromatic rings. The summed E-state index contributed by atoms with van der Waals surface area (Å²) in [6.07, 6.45) is 5.31. The number of hydrogen-bond donors (Lipinski definition) is 1. The van der Waals surface area contributed by atoms with Gasteiger partial charge in [0, 0.05) is 6.04 Å². The minimum atomic E-state index is 0.243. The summed E-state index contributed by atoms with van der Waals surface area (Å²) in [4.78, 5) is 0. The number of benzene rings is 1. The fourth-order valence-corrected chi connectivity index (χ4v) is 2.79. The monoisotopic (exact) mass is 217 g/mol. The van der Waals surface area contributed by atoms with Gasteiger partial charge in [-0.05, 0) is 37.2 Å². The molecule has 1 fully saturated rings. The minimum Gasteiger partial charge on any atom is -0.324 e. The Bertz CT molecular complexity index is 337. The van der Waals surface area contributed by atoms with Crippen LogP contribution in [0.15, 0.2) is 24.3 Å². The van der Waals surface area contributed by atoms with Gasteiger partial charge in [0.2, 0.25) is 0 Å². The molecule has 2 N–H and O–H groups in total. The smallest absolute Gasteiger partial charge is 0.0323 e. The summed E-state index contributed by atoms with van der Waals surface area (Å²) in [6, 6.07) is 8.92. The van der Waals surface area contributed by atoms with E-state index in [-0.39, 0.29) is 6.04 Å². The Morgan fingerprint density at radius 1 is 1.19 bits per heavy atom. The third-order valence-corrected chi connectivity index (χ3v) is 4.00. The van der Waals surface area contributed by atoms with Gasteiger partial charge in [0.1, 0.15) is 0 Å². The van der Waals surface area contributed by atoms with Gasteiger partial charge in [-0.2, -0.15) is 0 Å². The van der Waals surface area contributed by atoms with Crippen LogP contribution in [-0.4, -0.2) is 0 Å². The average Bonchev–Trinajstić information content (AvgIpc) is 2.29. The Balaban J connectivity index is 2.04. The second-order valence-electron chi connectivity index (χ2n) is 5.46. The molecule has 1 aliphatic carbocycles. The maximum atomic E-state index is 6.38. The zero-order chi connectivity index (χ0) is 11.5. The lowest BCUT2D eigenvalue weighted by molar-refractivity contribution is 0.256. The Hall–Kier alpha value is -0.820. The van der Waals surface area contributed by atoms with Crippen LogP contribution in [0.3, 0.4) is 0 Å². The van der Waals surface area contributed by atoms with E-state index < -0.39 is 0 Å². The summed E-state index contributed by atoms with van der Waals surface area (Å²) < 4.78 is 0. The highest BCUT2D eigenvalue weighted by Crippen LogP contribution is 2.35. The molecule has 0 aromatic heterocycles. The number of aryl methyl sites for hydroxylation is 1. The predicted octanol–water partition coefficient (Wildman–Crippen LogP) is 3.82. The molecule has 0 saturated heterocycles. The molecule has 1 heteroatoms. The molecule has 1 aromatic carbocycles. The molecule has 0 aliphatic heterocycles. The van der Waals surface area contributed by atoms with Crippen molar-refractivity contribution < 1.29 is 0 Å².